The van der Waals surface area contributed by atoms with E-state index in [-0.39, 0.29) is 16.8 Å². The zero-order chi connectivity index (χ0) is 15.5. The third-order valence-electron chi connectivity index (χ3n) is 3.13. The van der Waals surface area contributed by atoms with Crippen molar-refractivity contribution in [2.75, 3.05) is 0 Å². The minimum Gasteiger partial charge on any atom is -0.508 e. The molecule has 114 valence electrons. The minimum atomic E-state index is -3.56. The maximum absolute atomic E-state index is 12.1. The molecule has 1 atom stereocenters. The predicted molar refractivity (Wildman–Crippen MR) is 79.5 cm³/mol. The first kappa shape index (κ1) is 15.5. The first-order valence-corrected chi connectivity index (χ1v) is 8.17. The lowest BCUT2D eigenvalue weighted by Gasteiger charge is -2.13. The number of sulfonamides is 1. The summed E-state index contributed by atoms with van der Waals surface area (Å²) in [6, 6.07) is 6.70. The van der Waals surface area contributed by atoms with Gasteiger partial charge in [-0.05, 0) is 44.4 Å². The first-order valence-electron chi connectivity index (χ1n) is 6.68. The molecule has 0 saturated carbocycles. The van der Waals surface area contributed by atoms with Gasteiger partial charge in [0.1, 0.15) is 11.6 Å². The van der Waals surface area contributed by atoms with Gasteiger partial charge >= 0.3 is 0 Å². The molecule has 3 N–H and O–H groups in total. The van der Waals surface area contributed by atoms with Crippen LogP contribution in [0.5, 0.6) is 5.75 Å². The molecule has 2 rings (SSSR count). The number of nitrogens with zero attached hydrogens (tertiary/aromatic N) is 1. The fraction of sp³-hybridized carbons (Fsp3) is 0.357. The van der Waals surface area contributed by atoms with Crippen LogP contribution in [0.3, 0.4) is 0 Å². The van der Waals surface area contributed by atoms with Gasteiger partial charge in [0.25, 0.3) is 10.0 Å². The van der Waals surface area contributed by atoms with Crippen LogP contribution in [-0.2, 0) is 16.4 Å². The molecule has 0 saturated heterocycles. The average Bonchev–Trinajstić information content (AvgIpc) is 2.85. The summed E-state index contributed by atoms with van der Waals surface area (Å²) >= 11 is 0. The topological polar surface area (TPSA) is 95.1 Å². The van der Waals surface area contributed by atoms with Gasteiger partial charge in [-0.15, -0.1) is 0 Å². The van der Waals surface area contributed by atoms with Crippen molar-refractivity contribution in [2.45, 2.75) is 37.8 Å². The minimum absolute atomic E-state index is 0.0801. The van der Waals surface area contributed by atoms with Crippen molar-refractivity contribution in [1.29, 1.82) is 0 Å². The van der Waals surface area contributed by atoms with Crippen LogP contribution in [0.15, 0.2) is 35.5 Å². The van der Waals surface area contributed by atoms with Gasteiger partial charge in [-0.2, -0.15) is 0 Å². The number of phenols is 1. The summed E-state index contributed by atoms with van der Waals surface area (Å²) in [4.78, 5) is 6.61. The Kier molecular flexibility index (Phi) is 4.64. The van der Waals surface area contributed by atoms with E-state index in [2.05, 4.69) is 14.7 Å². The molecular formula is C14H19N3O3S. The number of aromatic amines is 1. The van der Waals surface area contributed by atoms with Crippen molar-refractivity contribution in [1.82, 2.24) is 14.7 Å². The average molecular weight is 309 g/mol. The molecule has 0 aliphatic heterocycles. The molecule has 0 bridgehead atoms. The molecule has 2 aromatic rings. The molecule has 0 fully saturated rings. The highest BCUT2D eigenvalue weighted by atomic mass is 32.2. The van der Waals surface area contributed by atoms with Crippen LogP contribution in [0.25, 0.3) is 0 Å². The summed E-state index contributed by atoms with van der Waals surface area (Å²) < 4.78 is 26.8. The zero-order valence-electron chi connectivity index (χ0n) is 12.0. The molecule has 6 nitrogen and oxygen atoms in total. The third kappa shape index (κ3) is 4.30. The number of aryl methyl sites for hydroxylation is 2. The fourth-order valence-electron chi connectivity index (χ4n) is 1.97. The standard InChI is InChI=1S/C14H19N3O3S/c1-10(3-4-12-5-7-13(18)8-6-12)17-21(19,20)14-9-15-11(2)16-14/h5-10,17-18H,3-4H2,1-2H3,(H,15,16). The number of hydrogen-bond donors (Lipinski definition) is 3. The van der Waals surface area contributed by atoms with Crippen molar-refractivity contribution in [3.8, 4) is 5.75 Å². The smallest absolute Gasteiger partial charge is 0.257 e. The maximum Gasteiger partial charge on any atom is 0.257 e. The van der Waals surface area contributed by atoms with Crippen molar-refractivity contribution < 1.29 is 13.5 Å². The van der Waals surface area contributed by atoms with Crippen molar-refractivity contribution in [2.24, 2.45) is 0 Å². The van der Waals surface area contributed by atoms with E-state index in [1.54, 1.807) is 19.1 Å². The molecule has 0 spiro atoms. The van der Waals surface area contributed by atoms with E-state index in [1.165, 1.54) is 6.20 Å². The molecule has 1 aromatic carbocycles. The Morgan fingerprint density at radius 1 is 1.33 bits per heavy atom. The number of aromatic nitrogens is 2. The lowest BCUT2D eigenvalue weighted by molar-refractivity contribution is 0.475. The third-order valence-corrected chi connectivity index (χ3v) is 4.63. The van der Waals surface area contributed by atoms with Gasteiger partial charge in [-0.25, -0.2) is 18.1 Å². The van der Waals surface area contributed by atoms with E-state index in [9.17, 15) is 13.5 Å². The Hall–Kier alpha value is -1.86. The normalized spacial score (nSPS) is 13.2. The van der Waals surface area contributed by atoms with E-state index in [0.29, 0.717) is 12.2 Å². The summed E-state index contributed by atoms with van der Waals surface area (Å²) in [5.41, 5.74) is 1.05. The Morgan fingerprint density at radius 3 is 2.57 bits per heavy atom. The lowest BCUT2D eigenvalue weighted by atomic mass is 10.1. The Balaban J connectivity index is 1.92. The van der Waals surface area contributed by atoms with Crippen LogP contribution in [0.2, 0.25) is 0 Å². The van der Waals surface area contributed by atoms with Crippen LogP contribution in [0.4, 0.5) is 0 Å². The Morgan fingerprint density at radius 2 is 2.00 bits per heavy atom. The molecule has 0 amide bonds. The van der Waals surface area contributed by atoms with Crippen molar-refractivity contribution >= 4 is 10.0 Å². The second-order valence-electron chi connectivity index (χ2n) is 5.06. The van der Waals surface area contributed by atoms with E-state index < -0.39 is 10.0 Å². The summed E-state index contributed by atoms with van der Waals surface area (Å²) in [5.74, 6) is 0.786. The summed E-state index contributed by atoms with van der Waals surface area (Å²) in [7, 11) is -3.56. The van der Waals surface area contributed by atoms with Crippen LogP contribution in [-0.4, -0.2) is 29.5 Å². The van der Waals surface area contributed by atoms with Gasteiger partial charge in [-0.3, -0.25) is 0 Å². The number of phenolic OH excluding ortho intramolecular Hbond substituents is 1. The molecule has 1 aromatic heterocycles. The summed E-state index contributed by atoms with van der Waals surface area (Å²) in [6.45, 7) is 3.52. The molecule has 21 heavy (non-hydrogen) atoms. The van der Waals surface area contributed by atoms with E-state index in [0.717, 1.165) is 12.0 Å². The highest BCUT2D eigenvalue weighted by Gasteiger charge is 2.19. The van der Waals surface area contributed by atoms with Gasteiger partial charge in [0.2, 0.25) is 0 Å². The van der Waals surface area contributed by atoms with E-state index in [4.69, 9.17) is 0 Å². The van der Waals surface area contributed by atoms with Crippen LogP contribution in [0.1, 0.15) is 24.7 Å². The second-order valence-corrected chi connectivity index (χ2v) is 6.74. The molecule has 0 aliphatic carbocycles. The van der Waals surface area contributed by atoms with Crippen LogP contribution in [0, 0.1) is 6.92 Å². The first-order chi connectivity index (χ1) is 9.87. The van der Waals surface area contributed by atoms with E-state index >= 15 is 0 Å². The summed E-state index contributed by atoms with van der Waals surface area (Å²) in [5, 5.41) is 9.29. The highest BCUT2D eigenvalue weighted by molar-refractivity contribution is 7.89. The molecule has 7 heteroatoms. The highest BCUT2D eigenvalue weighted by Crippen LogP contribution is 2.13. The SMILES string of the molecule is Cc1ncc(S(=O)(=O)NC(C)CCc2ccc(O)cc2)[nH]1. The van der Waals surface area contributed by atoms with E-state index in [1.807, 2.05) is 19.1 Å². The number of rotatable bonds is 6. The Bertz CT molecular complexity index is 693. The number of hydrogen-bond acceptors (Lipinski definition) is 4. The zero-order valence-corrected chi connectivity index (χ0v) is 12.8. The summed E-state index contributed by atoms with van der Waals surface area (Å²) in [6.07, 6.45) is 2.70. The number of nitrogens with one attached hydrogen (secondary N) is 2. The van der Waals surface area contributed by atoms with Gasteiger partial charge in [0.15, 0.2) is 5.03 Å². The number of benzene rings is 1. The van der Waals surface area contributed by atoms with Crippen LogP contribution < -0.4 is 4.72 Å². The van der Waals surface area contributed by atoms with Crippen molar-refractivity contribution in [3.63, 3.8) is 0 Å². The van der Waals surface area contributed by atoms with Gasteiger partial charge in [-0.1, -0.05) is 12.1 Å². The lowest BCUT2D eigenvalue weighted by Crippen LogP contribution is -2.33. The monoisotopic (exact) mass is 309 g/mol. The number of aromatic hydroxyl groups is 1. The number of imidazole rings is 1. The van der Waals surface area contributed by atoms with Gasteiger partial charge in [0, 0.05) is 6.04 Å². The molecular weight excluding hydrogens is 290 g/mol. The van der Waals surface area contributed by atoms with Gasteiger partial charge < -0.3 is 10.1 Å². The maximum atomic E-state index is 12.1. The Labute approximate surface area is 124 Å². The van der Waals surface area contributed by atoms with Gasteiger partial charge in [0.05, 0.1) is 6.20 Å². The molecule has 0 radical (unpaired) electrons. The molecule has 0 aliphatic rings. The predicted octanol–water partition coefficient (Wildman–Crippen LogP) is 1.72. The fourth-order valence-corrected chi connectivity index (χ4v) is 3.22. The number of H-pyrrole nitrogens is 1. The largest absolute Gasteiger partial charge is 0.508 e. The molecule has 1 heterocycles. The second kappa shape index (κ2) is 6.28. The van der Waals surface area contributed by atoms with Crippen molar-refractivity contribution in [3.05, 3.63) is 41.9 Å². The van der Waals surface area contributed by atoms with Crippen LogP contribution >= 0.6 is 0 Å². The quantitative estimate of drug-likeness (QED) is 0.757. The molecule has 1 unspecified atom stereocenters.